The molecule has 0 bridgehead atoms. The lowest BCUT2D eigenvalue weighted by atomic mass is 10.0. The van der Waals surface area contributed by atoms with Crippen molar-refractivity contribution in [1.82, 2.24) is 15.1 Å². The normalized spacial score (nSPS) is 21.3. The number of hydrogen-bond acceptors (Lipinski definition) is 6. The molecular weight excluding hydrogens is 569 g/mol. The van der Waals surface area contributed by atoms with Crippen LogP contribution in [-0.4, -0.2) is 96.6 Å². The van der Waals surface area contributed by atoms with Crippen LogP contribution in [0, 0.1) is 5.92 Å². The quantitative estimate of drug-likeness (QED) is 0.386. The van der Waals surface area contributed by atoms with E-state index in [0.717, 1.165) is 6.42 Å². The smallest absolute Gasteiger partial charge is 0.389 e. The van der Waals surface area contributed by atoms with Crippen molar-refractivity contribution in [2.24, 2.45) is 5.92 Å². The average molecular weight is 617 g/mol. The maximum absolute atomic E-state index is 14.1. The zero-order valence-corrected chi connectivity index (χ0v) is 26.0. The van der Waals surface area contributed by atoms with Gasteiger partial charge in [-0.25, -0.2) is 4.79 Å². The number of hydrogen-bond donors (Lipinski definition) is 3. The summed E-state index contributed by atoms with van der Waals surface area (Å²) in [5, 5.41) is 15.5. The van der Waals surface area contributed by atoms with E-state index in [1.54, 1.807) is 25.1 Å². The molecule has 0 aromatic heterocycles. The predicted molar refractivity (Wildman–Crippen MR) is 157 cm³/mol. The maximum Gasteiger partial charge on any atom is 0.389 e. The van der Waals surface area contributed by atoms with Gasteiger partial charge in [0.05, 0.1) is 36.8 Å². The van der Waals surface area contributed by atoms with E-state index in [1.807, 2.05) is 27.7 Å². The Balaban J connectivity index is 2.40. The third-order valence-corrected chi connectivity index (χ3v) is 7.23. The van der Waals surface area contributed by atoms with Crippen LogP contribution >= 0.6 is 0 Å². The number of benzene rings is 1. The zero-order chi connectivity index (χ0) is 32.3. The summed E-state index contributed by atoms with van der Waals surface area (Å²) in [6.07, 6.45) is -5.00. The molecule has 1 aliphatic heterocycles. The largest absolute Gasteiger partial charge is 0.490 e. The Morgan fingerprint density at radius 3 is 2.51 bits per heavy atom. The highest BCUT2D eigenvalue weighted by Gasteiger charge is 2.32. The highest BCUT2D eigenvalue weighted by atomic mass is 19.4. The number of alkyl halides is 3. The Bertz CT molecular complexity index is 1070. The number of carbonyl (C=O) groups is 3. The lowest BCUT2D eigenvalue weighted by Crippen LogP contribution is -2.48. The average Bonchev–Trinajstić information content (AvgIpc) is 2.92. The van der Waals surface area contributed by atoms with Crippen LogP contribution in [-0.2, 0) is 9.53 Å². The second-order valence-corrected chi connectivity index (χ2v) is 11.7. The molecule has 244 valence electrons. The fourth-order valence-corrected chi connectivity index (χ4v) is 4.70. The van der Waals surface area contributed by atoms with E-state index in [9.17, 15) is 32.7 Å². The number of nitrogens with one attached hydrogen (secondary N) is 2. The van der Waals surface area contributed by atoms with Crippen molar-refractivity contribution in [3.8, 4) is 5.75 Å². The number of ether oxygens (including phenoxy) is 2. The fraction of sp³-hybridized carbons (Fsp3) is 0.700. The monoisotopic (exact) mass is 616 g/mol. The first-order valence-corrected chi connectivity index (χ1v) is 14.8. The van der Waals surface area contributed by atoms with E-state index in [2.05, 4.69) is 10.6 Å². The van der Waals surface area contributed by atoms with E-state index in [1.165, 1.54) is 16.8 Å². The Kier molecular flexibility index (Phi) is 14.0. The highest BCUT2D eigenvalue weighted by Crippen LogP contribution is 2.29. The summed E-state index contributed by atoms with van der Waals surface area (Å²) in [4.78, 5) is 41.6. The number of aliphatic hydroxyl groups is 1. The van der Waals surface area contributed by atoms with Crippen molar-refractivity contribution < 1.29 is 42.1 Å². The van der Waals surface area contributed by atoms with Gasteiger partial charge in [0.1, 0.15) is 5.75 Å². The lowest BCUT2D eigenvalue weighted by molar-refractivity contribution is -0.149. The number of carbonyl (C=O) groups excluding carboxylic acids is 3. The van der Waals surface area contributed by atoms with E-state index >= 15 is 0 Å². The molecule has 0 aliphatic carbocycles. The van der Waals surface area contributed by atoms with Gasteiger partial charge in [-0.15, -0.1) is 0 Å². The second kappa shape index (κ2) is 16.7. The molecule has 0 unspecified atom stereocenters. The topological polar surface area (TPSA) is 120 Å². The molecule has 1 aromatic carbocycles. The maximum atomic E-state index is 14.1. The van der Waals surface area contributed by atoms with Gasteiger partial charge in [0.25, 0.3) is 5.91 Å². The molecule has 0 fully saturated rings. The van der Waals surface area contributed by atoms with E-state index in [-0.39, 0.29) is 43.3 Å². The van der Waals surface area contributed by atoms with Gasteiger partial charge in [0.15, 0.2) is 0 Å². The number of aliphatic hydroxyl groups excluding tert-OH is 1. The summed E-state index contributed by atoms with van der Waals surface area (Å²) < 4.78 is 50.4. The van der Waals surface area contributed by atoms with Crippen LogP contribution in [0.2, 0.25) is 0 Å². The molecule has 1 aromatic rings. The lowest BCUT2D eigenvalue weighted by Gasteiger charge is -2.36. The Morgan fingerprint density at radius 1 is 1.19 bits per heavy atom. The third-order valence-electron chi connectivity index (χ3n) is 7.23. The van der Waals surface area contributed by atoms with Crippen molar-refractivity contribution in [2.75, 3.05) is 38.7 Å². The Morgan fingerprint density at radius 2 is 1.88 bits per heavy atom. The number of fused-ring (bicyclic) bond motifs is 1. The van der Waals surface area contributed by atoms with E-state index < -0.39 is 49.0 Å². The molecule has 4 atom stereocenters. The molecule has 0 radical (unpaired) electrons. The summed E-state index contributed by atoms with van der Waals surface area (Å²) >= 11 is 0. The minimum atomic E-state index is -4.43. The van der Waals surface area contributed by atoms with Crippen LogP contribution in [0.3, 0.4) is 0 Å². The molecular formula is C30H47F3N4O6. The molecule has 4 amide bonds. The first-order chi connectivity index (χ1) is 20.1. The SMILES string of the molecule is CC(C)NC(=O)Nc1ccc2c(c1)C(=O)N([C@H](C)CO)C[C@@H](C)[C@@H](CN(C)C(=O)CCC(F)(F)F)OCCCC[C@H](C)O2. The molecule has 10 nitrogen and oxygen atoms in total. The summed E-state index contributed by atoms with van der Waals surface area (Å²) in [6.45, 7) is 9.26. The van der Waals surface area contributed by atoms with Crippen LogP contribution in [0.25, 0.3) is 0 Å². The molecule has 3 N–H and O–H groups in total. The van der Waals surface area contributed by atoms with E-state index in [0.29, 0.717) is 30.9 Å². The van der Waals surface area contributed by atoms with Crippen molar-refractivity contribution in [3.63, 3.8) is 0 Å². The van der Waals surface area contributed by atoms with Crippen molar-refractivity contribution in [2.45, 2.75) is 97.2 Å². The van der Waals surface area contributed by atoms with Crippen molar-refractivity contribution in [3.05, 3.63) is 23.8 Å². The van der Waals surface area contributed by atoms with Gasteiger partial charge in [0.2, 0.25) is 5.91 Å². The van der Waals surface area contributed by atoms with Crippen LogP contribution in [0.1, 0.15) is 77.1 Å². The third kappa shape index (κ3) is 12.2. The number of urea groups is 1. The molecule has 43 heavy (non-hydrogen) atoms. The predicted octanol–water partition coefficient (Wildman–Crippen LogP) is 4.81. The summed E-state index contributed by atoms with van der Waals surface area (Å²) in [5.74, 6) is -1.10. The highest BCUT2D eigenvalue weighted by molar-refractivity contribution is 5.99. The fourth-order valence-electron chi connectivity index (χ4n) is 4.70. The van der Waals surface area contributed by atoms with Crippen LogP contribution in [0.15, 0.2) is 18.2 Å². The summed E-state index contributed by atoms with van der Waals surface area (Å²) in [6, 6.07) is 3.69. The van der Waals surface area contributed by atoms with Gasteiger partial charge in [-0.2, -0.15) is 13.2 Å². The van der Waals surface area contributed by atoms with E-state index in [4.69, 9.17) is 9.47 Å². The second-order valence-electron chi connectivity index (χ2n) is 11.7. The van der Waals surface area contributed by atoms with Crippen LogP contribution in [0.4, 0.5) is 23.7 Å². The number of halogens is 3. The van der Waals surface area contributed by atoms with Gasteiger partial charge in [-0.1, -0.05) is 6.92 Å². The van der Waals surface area contributed by atoms with Gasteiger partial charge in [-0.05, 0) is 65.2 Å². The summed E-state index contributed by atoms with van der Waals surface area (Å²) in [7, 11) is 1.44. The first-order valence-electron chi connectivity index (χ1n) is 14.8. The summed E-state index contributed by atoms with van der Waals surface area (Å²) in [5.41, 5.74) is 0.586. The number of anilines is 1. The molecule has 1 aliphatic rings. The minimum absolute atomic E-state index is 0.0442. The first kappa shape index (κ1) is 36.1. The van der Waals surface area contributed by atoms with Crippen molar-refractivity contribution >= 4 is 23.5 Å². The Hall–Kier alpha value is -3.06. The number of nitrogens with zero attached hydrogens (tertiary/aromatic N) is 2. The van der Waals surface area contributed by atoms with Gasteiger partial charge >= 0.3 is 12.2 Å². The standard InChI is InChI=1S/C30H47F3N4O6/c1-19(2)34-29(41)35-23-10-11-25-24(15-23)28(40)37(21(4)18-38)16-20(3)26(42-14-8-7-9-22(5)43-25)17-36(6)27(39)12-13-30(31,32)33/h10-11,15,19-22,26,38H,7-9,12-14,16-18H2,1-6H3,(H2,34,35,41)/t20-,21-,22+,26-/m1/s1. The number of rotatable bonds is 8. The molecule has 2 rings (SSSR count). The van der Waals surface area contributed by atoms with Gasteiger partial charge in [-0.3, -0.25) is 9.59 Å². The van der Waals surface area contributed by atoms with Crippen LogP contribution < -0.4 is 15.4 Å². The molecule has 0 saturated carbocycles. The van der Waals surface area contributed by atoms with Crippen LogP contribution in [0.5, 0.6) is 5.75 Å². The molecule has 13 heteroatoms. The minimum Gasteiger partial charge on any atom is -0.490 e. The van der Waals surface area contributed by atoms with Gasteiger partial charge in [0, 0.05) is 50.8 Å². The molecule has 0 saturated heterocycles. The van der Waals surface area contributed by atoms with Crippen molar-refractivity contribution in [1.29, 1.82) is 0 Å². The molecule has 0 spiro atoms. The number of likely N-dealkylation sites (N-methyl/N-ethyl adjacent to an activating group) is 1. The number of amides is 4. The Labute approximate surface area is 252 Å². The molecule has 1 heterocycles. The van der Waals surface area contributed by atoms with Gasteiger partial charge < -0.3 is 35.0 Å². The zero-order valence-electron chi connectivity index (χ0n) is 26.0.